The third-order valence-corrected chi connectivity index (χ3v) is 5.85. The lowest BCUT2D eigenvalue weighted by molar-refractivity contribution is -0.141. The van der Waals surface area contributed by atoms with E-state index in [0.29, 0.717) is 0 Å². The van der Waals surface area contributed by atoms with Gasteiger partial charge in [0.1, 0.15) is 5.78 Å². The second-order valence-corrected chi connectivity index (χ2v) is 8.27. The molecule has 2 aliphatic rings. The molecule has 2 rings (SSSR count). The fourth-order valence-corrected chi connectivity index (χ4v) is 3.73. The molecule has 0 N–H and O–H groups in total. The van der Waals surface area contributed by atoms with Crippen molar-refractivity contribution in [2.75, 3.05) is 0 Å². The Labute approximate surface area is 127 Å². The Bertz CT molecular complexity index is 409. The zero-order valence-electron chi connectivity index (χ0n) is 13.8. The number of alkyl halides is 1. The van der Waals surface area contributed by atoms with Crippen molar-refractivity contribution < 1.29 is 14.0 Å². The molecule has 0 radical (unpaired) electrons. The quantitative estimate of drug-likeness (QED) is 0.699. The van der Waals surface area contributed by atoms with Gasteiger partial charge in [-0.2, -0.15) is 0 Å². The fourth-order valence-electron chi connectivity index (χ4n) is 3.73. The highest BCUT2D eigenvalue weighted by Gasteiger charge is 2.46. The summed E-state index contributed by atoms with van der Waals surface area (Å²) < 4.78 is 14.9. The lowest BCUT2D eigenvalue weighted by Crippen LogP contribution is -2.43. The number of hydrogen-bond acceptors (Lipinski definition) is 2. The van der Waals surface area contributed by atoms with Crippen molar-refractivity contribution in [3.8, 4) is 0 Å². The molecule has 0 saturated heterocycles. The summed E-state index contributed by atoms with van der Waals surface area (Å²) in [6.07, 6.45) is 6.77. The first kappa shape index (κ1) is 16.6. The molecule has 3 heteroatoms. The molecule has 0 aromatic heterocycles. The van der Waals surface area contributed by atoms with E-state index in [2.05, 4.69) is 13.8 Å². The average Bonchev–Trinajstić information content (AvgIpc) is 2.43. The highest BCUT2D eigenvalue weighted by molar-refractivity contribution is 6.05. The molecule has 0 heterocycles. The van der Waals surface area contributed by atoms with E-state index in [-0.39, 0.29) is 30.5 Å². The highest BCUT2D eigenvalue weighted by atomic mass is 19.1. The molecule has 2 nitrogen and oxygen atoms in total. The van der Waals surface area contributed by atoms with Crippen molar-refractivity contribution in [2.45, 2.75) is 90.6 Å². The van der Waals surface area contributed by atoms with Gasteiger partial charge in [0.05, 0.1) is 6.42 Å². The minimum atomic E-state index is -1.75. The van der Waals surface area contributed by atoms with Crippen LogP contribution in [0.2, 0.25) is 0 Å². The molecule has 0 atom stereocenters. The van der Waals surface area contributed by atoms with Crippen molar-refractivity contribution in [2.24, 2.45) is 10.8 Å². The molecule has 0 bridgehead atoms. The van der Waals surface area contributed by atoms with Gasteiger partial charge in [-0.25, -0.2) is 4.39 Å². The van der Waals surface area contributed by atoms with E-state index < -0.39 is 16.9 Å². The summed E-state index contributed by atoms with van der Waals surface area (Å²) in [4.78, 5) is 24.8. The first-order valence-corrected chi connectivity index (χ1v) is 8.43. The topological polar surface area (TPSA) is 34.1 Å². The summed E-state index contributed by atoms with van der Waals surface area (Å²) in [6, 6.07) is 0. The molecule has 0 aromatic rings. The molecule has 0 unspecified atom stereocenters. The first-order valence-electron chi connectivity index (χ1n) is 8.43. The monoisotopic (exact) mass is 296 g/mol. The standard InChI is InChI=1S/C18H29FO2/c1-16(2)9-11-18(19,12-10-16)15(21)13-14(20)17(3)7-5-4-6-8-17/h4-13H2,1-3H3. The van der Waals surface area contributed by atoms with Crippen LogP contribution in [0.4, 0.5) is 4.39 Å². The summed E-state index contributed by atoms with van der Waals surface area (Å²) in [7, 11) is 0. The maximum atomic E-state index is 14.9. The molecule has 120 valence electrons. The first-order chi connectivity index (χ1) is 9.67. The van der Waals surface area contributed by atoms with Crippen LogP contribution in [0.15, 0.2) is 0 Å². The summed E-state index contributed by atoms with van der Waals surface area (Å²) in [5.74, 6) is -0.496. The van der Waals surface area contributed by atoms with E-state index >= 15 is 0 Å². The van der Waals surface area contributed by atoms with Gasteiger partial charge in [-0.15, -0.1) is 0 Å². The van der Waals surface area contributed by atoms with Gasteiger partial charge in [0.15, 0.2) is 11.5 Å². The molecule has 2 saturated carbocycles. The largest absolute Gasteiger partial charge is 0.299 e. The van der Waals surface area contributed by atoms with E-state index in [0.717, 1.165) is 38.5 Å². The van der Waals surface area contributed by atoms with Gasteiger partial charge in [-0.1, -0.05) is 40.0 Å². The lowest BCUT2D eigenvalue weighted by Gasteiger charge is -2.38. The predicted molar refractivity (Wildman–Crippen MR) is 81.9 cm³/mol. The predicted octanol–water partition coefficient (Wildman–Crippen LogP) is 4.79. The number of carbonyl (C=O) groups excluding carboxylic acids is 2. The van der Waals surface area contributed by atoms with Crippen LogP contribution in [0.25, 0.3) is 0 Å². The molecule has 0 spiro atoms. The zero-order valence-corrected chi connectivity index (χ0v) is 13.8. The number of hydrogen-bond donors (Lipinski definition) is 0. The summed E-state index contributed by atoms with van der Waals surface area (Å²) in [6.45, 7) is 6.19. The van der Waals surface area contributed by atoms with Gasteiger partial charge >= 0.3 is 0 Å². The fraction of sp³-hybridized carbons (Fsp3) is 0.889. The van der Waals surface area contributed by atoms with Crippen LogP contribution in [0, 0.1) is 10.8 Å². The minimum absolute atomic E-state index is 0.0333. The highest BCUT2D eigenvalue weighted by Crippen LogP contribution is 2.44. The SMILES string of the molecule is CC1(C)CCC(F)(C(=O)CC(=O)C2(C)CCCCC2)CC1. The maximum Gasteiger partial charge on any atom is 0.177 e. The summed E-state index contributed by atoms with van der Waals surface area (Å²) >= 11 is 0. The van der Waals surface area contributed by atoms with Crippen molar-refractivity contribution in [3.05, 3.63) is 0 Å². The Morgan fingerprint density at radius 2 is 1.33 bits per heavy atom. The van der Waals surface area contributed by atoms with Gasteiger partial charge < -0.3 is 0 Å². The van der Waals surface area contributed by atoms with Crippen LogP contribution >= 0.6 is 0 Å². The number of halogens is 1. The molecule has 0 aliphatic heterocycles. The number of carbonyl (C=O) groups is 2. The smallest absolute Gasteiger partial charge is 0.177 e. The third-order valence-electron chi connectivity index (χ3n) is 5.85. The Morgan fingerprint density at radius 1 is 0.810 bits per heavy atom. The van der Waals surface area contributed by atoms with Crippen LogP contribution in [-0.2, 0) is 9.59 Å². The van der Waals surface area contributed by atoms with Gasteiger partial charge in [0.25, 0.3) is 0 Å². The molecule has 0 amide bonds. The van der Waals surface area contributed by atoms with Gasteiger partial charge in [-0.05, 0) is 43.9 Å². The third kappa shape index (κ3) is 3.73. The maximum absolute atomic E-state index is 14.9. The van der Waals surface area contributed by atoms with E-state index in [4.69, 9.17) is 0 Å². The molecule has 2 aliphatic carbocycles. The minimum Gasteiger partial charge on any atom is -0.299 e. The van der Waals surface area contributed by atoms with Crippen LogP contribution < -0.4 is 0 Å². The molecule has 2 fully saturated rings. The molecular formula is C18H29FO2. The van der Waals surface area contributed by atoms with Crippen LogP contribution in [0.5, 0.6) is 0 Å². The second-order valence-electron chi connectivity index (χ2n) is 8.27. The molecule has 21 heavy (non-hydrogen) atoms. The van der Waals surface area contributed by atoms with E-state index in [9.17, 15) is 14.0 Å². The second kappa shape index (κ2) is 5.81. The number of Topliss-reactive ketones (excluding diaryl/α,β-unsaturated/α-hetero) is 2. The van der Waals surface area contributed by atoms with Gasteiger partial charge in [0.2, 0.25) is 0 Å². The van der Waals surface area contributed by atoms with Crippen molar-refractivity contribution in [1.29, 1.82) is 0 Å². The molecule has 0 aromatic carbocycles. The Balaban J connectivity index is 1.96. The van der Waals surface area contributed by atoms with Gasteiger partial charge in [0, 0.05) is 5.41 Å². The van der Waals surface area contributed by atoms with E-state index in [1.807, 2.05) is 6.92 Å². The number of ketones is 2. The van der Waals surface area contributed by atoms with Crippen molar-refractivity contribution >= 4 is 11.6 Å². The summed E-state index contributed by atoms with van der Waals surface area (Å²) in [5, 5.41) is 0. The number of rotatable bonds is 4. The molecular weight excluding hydrogens is 267 g/mol. The Morgan fingerprint density at radius 3 is 1.86 bits per heavy atom. The Hall–Kier alpha value is -0.730. The Kier molecular flexibility index (Phi) is 4.60. The van der Waals surface area contributed by atoms with Crippen molar-refractivity contribution in [3.63, 3.8) is 0 Å². The normalized spacial score (nSPS) is 27.0. The van der Waals surface area contributed by atoms with Crippen LogP contribution in [-0.4, -0.2) is 17.2 Å². The van der Waals surface area contributed by atoms with Gasteiger partial charge in [-0.3, -0.25) is 9.59 Å². The van der Waals surface area contributed by atoms with Crippen molar-refractivity contribution in [1.82, 2.24) is 0 Å². The van der Waals surface area contributed by atoms with E-state index in [1.54, 1.807) is 0 Å². The average molecular weight is 296 g/mol. The van der Waals surface area contributed by atoms with Crippen LogP contribution in [0.3, 0.4) is 0 Å². The van der Waals surface area contributed by atoms with Crippen LogP contribution in [0.1, 0.15) is 85.0 Å². The van der Waals surface area contributed by atoms with E-state index in [1.165, 1.54) is 6.42 Å². The lowest BCUT2D eigenvalue weighted by atomic mass is 9.68. The summed E-state index contributed by atoms with van der Waals surface area (Å²) in [5.41, 5.74) is -2.02. The zero-order chi connectivity index (χ0) is 15.7.